The summed E-state index contributed by atoms with van der Waals surface area (Å²) in [6.07, 6.45) is -3.77. The van der Waals surface area contributed by atoms with Crippen molar-refractivity contribution >= 4 is 15.9 Å². The molecule has 1 saturated heterocycles. The summed E-state index contributed by atoms with van der Waals surface area (Å²) < 4.78 is 17.3. The first kappa shape index (κ1) is 17.4. The fourth-order valence-electron chi connectivity index (χ4n) is 2.17. The lowest BCUT2D eigenvalue weighted by molar-refractivity contribution is -0.284. The van der Waals surface area contributed by atoms with Gasteiger partial charge in [0.25, 0.3) is 0 Å². The fraction of sp³-hybridized carbons (Fsp3) is 0.467. The van der Waals surface area contributed by atoms with Crippen molar-refractivity contribution in [2.75, 3.05) is 13.2 Å². The lowest BCUT2D eigenvalue weighted by Gasteiger charge is -2.41. The normalized spacial score (nSPS) is 31.7. The predicted octanol–water partition coefficient (Wildman–Crippen LogP) is 0.838. The van der Waals surface area contributed by atoms with Gasteiger partial charge in [-0.1, -0.05) is 22.0 Å². The van der Waals surface area contributed by atoms with Crippen LogP contribution in [0.15, 0.2) is 41.4 Å². The van der Waals surface area contributed by atoms with Crippen LogP contribution in [0.25, 0.3) is 0 Å². The first-order chi connectivity index (χ1) is 10.6. The van der Waals surface area contributed by atoms with Gasteiger partial charge in [0, 0.05) is 4.47 Å². The minimum Gasteiger partial charge on any atom is -0.462 e. The molecule has 2 rings (SSSR count). The smallest absolute Gasteiger partial charge is 0.229 e. The molecule has 0 saturated carbocycles. The Bertz CT molecular complexity index is 479. The van der Waals surface area contributed by atoms with Gasteiger partial charge in [0.15, 0.2) is 0 Å². The highest BCUT2D eigenvalue weighted by atomic mass is 79.9. The molecule has 0 aliphatic carbocycles. The maximum absolute atomic E-state index is 10.3. The second-order valence-corrected chi connectivity index (χ2v) is 5.78. The third-order valence-electron chi connectivity index (χ3n) is 3.29. The maximum atomic E-state index is 10.3. The van der Waals surface area contributed by atoms with Gasteiger partial charge < -0.3 is 29.5 Å². The quantitative estimate of drug-likeness (QED) is 0.639. The summed E-state index contributed by atoms with van der Waals surface area (Å²) in [7, 11) is 0. The molecule has 0 aromatic heterocycles. The molecule has 1 aliphatic rings. The van der Waals surface area contributed by atoms with Crippen LogP contribution in [-0.2, 0) is 9.47 Å². The molecule has 22 heavy (non-hydrogen) atoms. The fourth-order valence-corrected chi connectivity index (χ4v) is 2.44. The summed E-state index contributed by atoms with van der Waals surface area (Å²) in [6, 6.07) is 6.99. The van der Waals surface area contributed by atoms with Crippen LogP contribution in [-0.4, -0.2) is 59.2 Å². The third-order valence-corrected chi connectivity index (χ3v) is 3.82. The Morgan fingerprint density at radius 1 is 1.23 bits per heavy atom. The van der Waals surface area contributed by atoms with Crippen molar-refractivity contribution in [3.63, 3.8) is 0 Å². The Hall–Kier alpha value is -0.960. The van der Waals surface area contributed by atoms with Crippen LogP contribution in [0.4, 0.5) is 0 Å². The van der Waals surface area contributed by atoms with Crippen LogP contribution in [0.5, 0.6) is 5.75 Å². The highest BCUT2D eigenvalue weighted by molar-refractivity contribution is 9.10. The van der Waals surface area contributed by atoms with E-state index in [-0.39, 0.29) is 6.61 Å². The number of benzene rings is 1. The predicted molar refractivity (Wildman–Crippen MR) is 82.5 cm³/mol. The zero-order valence-corrected chi connectivity index (χ0v) is 13.4. The maximum Gasteiger partial charge on any atom is 0.229 e. The number of ether oxygens (including phenoxy) is 3. The average molecular weight is 375 g/mol. The van der Waals surface area contributed by atoms with E-state index in [4.69, 9.17) is 14.2 Å². The van der Waals surface area contributed by atoms with E-state index in [1.54, 1.807) is 24.3 Å². The number of hydrogen-bond acceptors (Lipinski definition) is 6. The molecule has 3 N–H and O–H groups in total. The van der Waals surface area contributed by atoms with Gasteiger partial charge in [-0.3, -0.25) is 0 Å². The van der Waals surface area contributed by atoms with Crippen LogP contribution < -0.4 is 4.74 Å². The minimum absolute atomic E-state index is 0.155. The molecule has 1 heterocycles. The molecule has 0 bridgehead atoms. The Labute approximate surface area is 137 Å². The summed E-state index contributed by atoms with van der Waals surface area (Å²) in [5.41, 5.74) is 0. The van der Waals surface area contributed by atoms with E-state index in [1.165, 1.54) is 6.08 Å². The Morgan fingerprint density at radius 2 is 1.91 bits per heavy atom. The topological polar surface area (TPSA) is 88.4 Å². The van der Waals surface area contributed by atoms with E-state index in [0.29, 0.717) is 5.75 Å². The molecule has 122 valence electrons. The second kappa shape index (κ2) is 8.05. The summed E-state index contributed by atoms with van der Waals surface area (Å²) in [4.78, 5) is 0. The van der Waals surface area contributed by atoms with Crippen molar-refractivity contribution in [3.05, 3.63) is 41.4 Å². The second-order valence-electron chi connectivity index (χ2n) is 4.87. The Balaban J connectivity index is 2.11. The summed E-state index contributed by atoms with van der Waals surface area (Å²) in [6.45, 7) is 3.26. The highest BCUT2D eigenvalue weighted by Crippen LogP contribution is 2.26. The van der Waals surface area contributed by atoms with E-state index >= 15 is 0 Å². The molecule has 7 heteroatoms. The number of aliphatic hydroxyl groups excluding tert-OH is 3. The van der Waals surface area contributed by atoms with Crippen molar-refractivity contribution in [2.45, 2.75) is 30.7 Å². The average Bonchev–Trinajstić information content (AvgIpc) is 2.52. The van der Waals surface area contributed by atoms with Gasteiger partial charge in [-0.15, -0.1) is 6.58 Å². The number of hydrogen-bond donors (Lipinski definition) is 3. The Kier molecular flexibility index (Phi) is 6.37. The lowest BCUT2D eigenvalue weighted by atomic mass is 9.99. The zero-order chi connectivity index (χ0) is 16.1. The van der Waals surface area contributed by atoms with Crippen molar-refractivity contribution in [1.82, 2.24) is 0 Å². The largest absolute Gasteiger partial charge is 0.462 e. The van der Waals surface area contributed by atoms with Gasteiger partial charge in [0.05, 0.1) is 13.2 Å². The summed E-state index contributed by atoms with van der Waals surface area (Å²) in [5.74, 6) is 0.489. The summed E-state index contributed by atoms with van der Waals surface area (Å²) in [5, 5.41) is 29.7. The lowest BCUT2D eigenvalue weighted by Crippen LogP contribution is -2.61. The standard InChI is InChI=1S/C15H19BrO6/c1-2-7-20-14-12(18)11(8-17)22-15(13(14)19)21-10-5-3-9(16)4-6-10/h2-6,11-15,17-19H,1,7-8H2/t11-,12-,13-,14+,15-/m1/s1. The summed E-state index contributed by atoms with van der Waals surface area (Å²) >= 11 is 3.32. The van der Waals surface area contributed by atoms with E-state index in [0.717, 1.165) is 4.47 Å². The molecule has 5 atom stereocenters. The number of halogens is 1. The molecule has 0 unspecified atom stereocenters. The van der Waals surface area contributed by atoms with E-state index in [2.05, 4.69) is 22.5 Å². The third kappa shape index (κ3) is 4.07. The molecule has 0 amide bonds. The van der Waals surface area contributed by atoms with Gasteiger partial charge in [0.2, 0.25) is 6.29 Å². The van der Waals surface area contributed by atoms with E-state index in [9.17, 15) is 15.3 Å². The molecular weight excluding hydrogens is 356 g/mol. The van der Waals surface area contributed by atoms with Crippen molar-refractivity contribution < 1.29 is 29.5 Å². The van der Waals surface area contributed by atoms with Crippen molar-refractivity contribution in [3.8, 4) is 5.75 Å². The molecule has 6 nitrogen and oxygen atoms in total. The van der Waals surface area contributed by atoms with Crippen LogP contribution in [0.1, 0.15) is 0 Å². The SMILES string of the molecule is C=CCO[C@@H]1[C@@H](O)[C@H](Oc2ccc(Br)cc2)O[C@H](CO)[C@H]1O. The van der Waals surface area contributed by atoms with Gasteiger partial charge >= 0.3 is 0 Å². The molecule has 0 radical (unpaired) electrons. The molecule has 1 fully saturated rings. The molecule has 0 spiro atoms. The van der Waals surface area contributed by atoms with Crippen LogP contribution >= 0.6 is 15.9 Å². The van der Waals surface area contributed by atoms with Gasteiger partial charge in [-0.2, -0.15) is 0 Å². The van der Waals surface area contributed by atoms with Gasteiger partial charge in [-0.25, -0.2) is 0 Å². The van der Waals surface area contributed by atoms with Crippen LogP contribution in [0.2, 0.25) is 0 Å². The molecule has 1 aromatic rings. The first-order valence-electron chi connectivity index (χ1n) is 6.84. The van der Waals surface area contributed by atoms with E-state index in [1.807, 2.05) is 0 Å². The molecule has 1 aliphatic heterocycles. The van der Waals surface area contributed by atoms with Gasteiger partial charge in [-0.05, 0) is 24.3 Å². The monoisotopic (exact) mass is 374 g/mol. The molecular formula is C15H19BrO6. The highest BCUT2D eigenvalue weighted by Gasteiger charge is 2.46. The van der Waals surface area contributed by atoms with Crippen LogP contribution in [0, 0.1) is 0 Å². The first-order valence-corrected chi connectivity index (χ1v) is 7.63. The number of rotatable bonds is 6. The van der Waals surface area contributed by atoms with Crippen molar-refractivity contribution in [1.29, 1.82) is 0 Å². The van der Waals surface area contributed by atoms with Crippen LogP contribution in [0.3, 0.4) is 0 Å². The number of aliphatic hydroxyl groups is 3. The van der Waals surface area contributed by atoms with E-state index < -0.39 is 37.3 Å². The van der Waals surface area contributed by atoms with Crippen molar-refractivity contribution in [2.24, 2.45) is 0 Å². The zero-order valence-electron chi connectivity index (χ0n) is 11.8. The minimum atomic E-state index is -1.21. The molecule has 1 aromatic carbocycles. The Morgan fingerprint density at radius 3 is 2.50 bits per heavy atom. The van der Waals surface area contributed by atoms with Gasteiger partial charge in [0.1, 0.15) is 30.2 Å².